The number of carbonyl (C=O) groups is 1. The van der Waals surface area contributed by atoms with Crippen LogP contribution in [0, 0.1) is 0 Å². The molecular formula is C16H27Cl2N3O. The zero-order chi connectivity index (χ0) is 14.5. The summed E-state index contributed by atoms with van der Waals surface area (Å²) in [5.41, 5.74) is 7.03. The van der Waals surface area contributed by atoms with Crippen molar-refractivity contribution in [3.8, 4) is 0 Å². The van der Waals surface area contributed by atoms with Gasteiger partial charge < -0.3 is 15.5 Å². The van der Waals surface area contributed by atoms with Crippen LogP contribution in [-0.4, -0.2) is 48.9 Å². The standard InChI is InChI=1S/C16H25N3O.2ClH/c1-18-10-4-3-8-15(18)9-11-19(2)16(20)13-6-5-7-14(17)12-13;;/h5-7,12,15H,3-4,8-11,17H2,1-2H3;2*1H. The van der Waals surface area contributed by atoms with E-state index in [-0.39, 0.29) is 30.7 Å². The molecule has 1 aromatic rings. The number of rotatable bonds is 4. The number of anilines is 1. The number of nitrogens with two attached hydrogens (primary N) is 1. The van der Waals surface area contributed by atoms with Gasteiger partial charge in [-0.15, -0.1) is 24.8 Å². The van der Waals surface area contributed by atoms with Gasteiger partial charge in [0.15, 0.2) is 0 Å². The summed E-state index contributed by atoms with van der Waals surface area (Å²) in [4.78, 5) is 16.5. The van der Waals surface area contributed by atoms with Crippen LogP contribution >= 0.6 is 24.8 Å². The number of piperidine rings is 1. The summed E-state index contributed by atoms with van der Waals surface area (Å²) in [5.74, 6) is 0.0516. The summed E-state index contributed by atoms with van der Waals surface area (Å²) in [6, 6.07) is 7.80. The molecule has 1 amide bonds. The quantitative estimate of drug-likeness (QED) is 0.851. The first-order chi connectivity index (χ1) is 9.58. The van der Waals surface area contributed by atoms with Gasteiger partial charge in [-0.1, -0.05) is 12.5 Å². The Morgan fingerprint density at radius 2 is 2.09 bits per heavy atom. The Labute approximate surface area is 145 Å². The Bertz CT molecular complexity index is 470. The minimum atomic E-state index is 0. The summed E-state index contributed by atoms with van der Waals surface area (Å²) in [5, 5.41) is 0. The molecule has 0 saturated carbocycles. The average molecular weight is 348 g/mol. The molecule has 0 aliphatic carbocycles. The van der Waals surface area contributed by atoms with E-state index in [1.807, 2.05) is 19.2 Å². The molecule has 126 valence electrons. The summed E-state index contributed by atoms with van der Waals surface area (Å²) < 4.78 is 0. The summed E-state index contributed by atoms with van der Waals surface area (Å²) in [7, 11) is 4.05. The second-order valence-corrected chi connectivity index (χ2v) is 5.77. The van der Waals surface area contributed by atoms with E-state index >= 15 is 0 Å². The summed E-state index contributed by atoms with van der Waals surface area (Å²) >= 11 is 0. The Morgan fingerprint density at radius 1 is 1.36 bits per heavy atom. The molecular weight excluding hydrogens is 321 g/mol. The highest BCUT2D eigenvalue weighted by Crippen LogP contribution is 2.18. The molecule has 4 nitrogen and oxygen atoms in total. The number of nitrogens with zero attached hydrogens (tertiary/aromatic N) is 2. The van der Waals surface area contributed by atoms with Crippen LogP contribution in [0.2, 0.25) is 0 Å². The lowest BCUT2D eigenvalue weighted by Gasteiger charge is -2.33. The first kappa shape index (κ1) is 21.0. The minimum Gasteiger partial charge on any atom is -0.399 e. The van der Waals surface area contributed by atoms with Crippen LogP contribution in [-0.2, 0) is 0 Å². The molecule has 6 heteroatoms. The highest BCUT2D eigenvalue weighted by atomic mass is 35.5. The number of carbonyl (C=O) groups excluding carboxylic acids is 1. The van der Waals surface area contributed by atoms with Gasteiger partial charge in [0.1, 0.15) is 0 Å². The SMILES string of the molecule is CN(CCC1CCCCN1C)C(=O)c1cccc(N)c1.Cl.Cl. The van der Waals surface area contributed by atoms with E-state index in [0.717, 1.165) is 13.0 Å². The van der Waals surface area contributed by atoms with Gasteiger partial charge in [-0.25, -0.2) is 0 Å². The van der Waals surface area contributed by atoms with Crippen LogP contribution in [0.4, 0.5) is 5.69 Å². The molecule has 1 atom stereocenters. The van der Waals surface area contributed by atoms with Gasteiger partial charge in [0.25, 0.3) is 5.91 Å². The predicted octanol–water partition coefficient (Wildman–Crippen LogP) is 3.06. The zero-order valence-electron chi connectivity index (χ0n) is 13.3. The Hall–Kier alpha value is -0.970. The smallest absolute Gasteiger partial charge is 0.253 e. The maximum atomic E-state index is 12.3. The molecule has 0 radical (unpaired) electrons. The van der Waals surface area contributed by atoms with Gasteiger partial charge in [0.2, 0.25) is 0 Å². The largest absolute Gasteiger partial charge is 0.399 e. The molecule has 2 N–H and O–H groups in total. The zero-order valence-corrected chi connectivity index (χ0v) is 15.0. The van der Waals surface area contributed by atoms with E-state index in [0.29, 0.717) is 17.3 Å². The molecule has 1 fully saturated rings. The van der Waals surface area contributed by atoms with Crippen molar-refractivity contribution < 1.29 is 4.79 Å². The predicted molar refractivity (Wildman–Crippen MR) is 97.2 cm³/mol. The molecule has 1 heterocycles. The third kappa shape index (κ3) is 5.67. The number of hydrogen-bond donors (Lipinski definition) is 1. The maximum Gasteiger partial charge on any atom is 0.253 e. The first-order valence-electron chi connectivity index (χ1n) is 7.39. The summed E-state index contributed by atoms with van der Waals surface area (Å²) in [6.07, 6.45) is 4.89. The van der Waals surface area contributed by atoms with E-state index in [1.165, 1.54) is 25.8 Å². The monoisotopic (exact) mass is 347 g/mol. The molecule has 0 aromatic heterocycles. The van der Waals surface area contributed by atoms with Crippen LogP contribution < -0.4 is 5.73 Å². The second kappa shape index (κ2) is 9.93. The average Bonchev–Trinajstić information content (AvgIpc) is 2.45. The Morgan fingerprint density at radius 3 is 2.73 bits per heavy atom. The second-order valence-electron chi connectivity index (χ2n) is 5.77. The van der Waals surface area contributed by atoms with E-state index in [2.05, 4.69) is 11.9 Å². The Balaban J connectivity index is 0.00000220. The fourth-order valence-corrected chi connectivity index (χ4v) is 2.85. The van der Waals surface area contributed by atoms with Crippen molar-refractivity contribution >= 4 is 36.4 Å². The maximum absolute atomic E-state index is 12.3. The number of likely N-dealkylation sites (tertiary alicyclic amines) is 1. The molecule has 1 saturated heterocycles. The highest BCUT2D eigenvalue weighted by molar-refractivity contribution is 5.94. The fraction of sp³-hybridized carbons (Fsp3) is 0.562. The molecule has 1 aliphatic heterocycles. The fourth-order valence-electron chi connectivity index (χ4n) is 2.85. The van der Waals surface area contributed by atoms with E-state index < -0.39 is 0 Å². The molecule has 1 aromatic carbocycles. The van der Waals surface area contributed by atoms with E-state index in [4.69, 9.17) is 5.73 Å². The molecule has 0 spiro atoms. The van der Waals surface area contributed by atoms with E-state index in [9.17, 15) is 4.79 Å². The minimum absolute atomic E-state index is 0. The lowest BCUT2D eigenvalue weighted by atomic mass is 10.00. The number of nitrogen functional groups attached to an aromatic ring is 1. The van der Waals surface area contributed by atoms with Crippen LogP contribution in [0.15, 0.2) is 24.3 Å². The van der Waals surface area contributed by atoms with Crippen molar-refractivity contribution in [1.82, 2.24) is 9.80 Å². The van der Waals surface area contributed by atoms with Gasteiger partial charge >= 0.3 is 0 Å². The molecule has 1 unspecified atom stereocenters. The van der Waals surface area contributed by atoms with Crippen molar-refractivity contribution in [2.75, 3.05) is 32.9 Å². The van der Waals surface area contributed by atoms with Crippen LogP contribution in [0.25, 0.3) is 0 Å². The normalized spacial score (nSPS) is 18.0. The molecule has 1 aliphatic rings. The van der Waals surface area contributed by atoms with Crippen molar-refractivity contribution in [3.05, 3.63) is 29.8 Å². The number of benzene rings is 1. The number of hydrogen-bond acceptors (Lipinski definition) is 3. The first-order valence-corrected chi connectivity index (χ1v) is 7.39. The van der Waals surface area contributed by atoms with Gasteiger partial charge in [-0.05, 0) is 51.1 Å². The van der Waals surface area contributed by atoms with Crippen molar-refractivity contribution in [1.29, 1.82) is 0 Å². The summed E-state index contributed by atoms with van der Waals surface area (Å²) in [6.45, 7) is 1.97. The van der Waals surface area contributed by atoms with Gasteiger partial charge in [-0.3, -0.25) is 4.79 Å². The van der Waals surface area contributed by atoms with Crippen LogP contribution in [0.3, 0.4) is 0 Å². The van der Waals surface area contributed by atoms with Gasteiger partial charge in [-0.2, -0.15) is 0 Å². The topological polar surface area (TPSA) is 49.6 Å². The molecule has 0 bridgehead atoms. The Kier molecular flexibility index (Phi) is 9.49. The van der Waals surface area contributed by atoms with Gasteiger partial charge in [0, 0.05) is 30.9 Å². The van der Waals surface area contributed by atoms with Gasteiger partial charge in [0.05, 0.1) is 0 Å². The lowest BCUT2D eigenvalue weighted by Crippen LogP contribution is -2.39. The molecule has 2 rings (SSSR count). The van der Waals surface area contributed by atoms with Crippen molar-refractivity contribution in [2.45, 2.75) is 31.7 Å². The van der Waals surface area contributed by atoms with Crippen LogP contribution in [0.1, 0.15) is 36.0 Å². The van der Waals surface area contributed by atoms with E-state index in [1.54, 1.807) is 17.0 Å². The highest BCUT2D eigenvalue weighted by Gasteiger charge is 2.20. The van der Waals surface area contributed by atoms with Crippen molar-refractivity contribution in [3.63, 3.8) is 0 Å². The third-order valence-electron chi connectivity index (χ3n) is 4.20. The third-order valence-corrected chi connectivity index (χ3v) is 4.20. The lowest BCUT2D eigenvalue weighted by molar-refractivity contribution is 0.0770. The molecule has 22 heavy (non-hydrogen) atoms. The number of halogens is 2. The van der Waals surface area contributed by atoms with Crippen molar-refractivity contribution in [2.24, 2.45) is 0 Å². The van der Waals surface area contributed by atoms with Crippen LogP contribution in [0.5, 0.6) is 0 Å². The number of amides is 1.